The first-order valence-electron chi connectivity index (χ1n) is 3.95. The molecular formula is C8H14O2. The van der Waals surface area contributed by atoms with E-state index in [1.807, 2.05) is 0 Å². The van der Waals surface area contributed by atoms with Crippen LogP contribution in [0.3, 0.4) is 0 Å². The smallest absolute Gasteiger partial charge is 0.110 e. The molecule has 1 saturated carbocycles. The number of aliphatic hydroxyl groups is 1. The number of hydrogen-bond acceptors (Lipinski definition) is 2. The van der Waals surface area contributed by atoms with Crippen molar-refractivity contribution in [1.82, 2.24) is 0 Å². The van der Waals surface area contributed by atoms with E-state index in [1.165, 1.54) is 0 Å². The topological polar surface area (TPSA) is 32.8 Å². The number of aliphatic hydroxyl groups excluding tert-OH is 1. The molecular weight excluding hydrogens is 128 g/mol. The van der Waals surface area contributed by atoms with Gasteiger partial charge < -0.3 is 9.84 Å². The van der Waals surface area contributed by atoms with E-state index < -0.39 is 0 Å². The van der Waals surface area contributed by atoms with Crippen LogP contribution in [0.2, 0.25) is 0 Å². The quantitative estimate of drug-likeness (QED) is 0.510. The summed E-state index contributed by atoms with van der Waals surface area (Å²) < 4.78 is 5.36. The molecule has 2 nitrogen and oxygen atoms in total. The molecule has 1 aliphatic carbocycles. The minimum Gasteiger partial charge on any atom is -0.390 e. The molecule has 0 bridgehead atoms. The van der Waals surface area contributed by atoms with Gasteiger partial charge in [0.1, 0.15) is 6.10 Å². The van der Waals surface area contributed by atoms with E-state index in [1.54, 1.807) is 0 Å². The highest BCUT2D eigenvalue weighted by Crippen LogP contribution is 2.48. The molecule has 2 rings (SSSR count). The summed E-state index contributed by atoms with van der Waals surface area (Å²) in [7, 11) is 0. The van der Waals surface area contributed by atoms with Crippen molar-refractivity contribution in [2.24, 2.45) is 5.41 Å². The molecule has 0 radical (unpaired) electrons. The van der Waals surface area contributed by atoms with Crippen molar-refractivity contribution in [3.63, 3.8) is 0 Å². The Hall–Kier alpha value is -0.0800. The van der Waals surface area contributed by atoms with Crippen molar-refractivity contribution in [3.8, 4) is 0 Å². The molecule has 2 fully saturated rings. The molecule has 1 aliphatic heterocycles. The first kappa shape index (κ1) is 6.62. The average Bonchev–Trinajstić information content (AvgIpc) is 2.58. The third-order valence-electron chi connectivity index (χ3n) is 2.76. The Labute approximate surface area is 61.2 Å². The number of epoxide rings is 1. The van der Waals surface area contributed by atoms with Gasteiger partial charge in [0.15, 0.2) is 0 Å². The fourth-order valence-electron chi connectivity index (χ4n) is 1.87. The van der Waals surface area contributed by atoms with Crippen LogP contribution >= 0.6 is 0 Å². The summed E-state index contributed by atoms with van der Waals surface area (Å²) in [5.41, 5.74) is 0.309. The molecule has 3 atom stereocenters. The second-order valence-electron chi connectivity index (χ2n) is 4.12. The predicted octanol–water partition coefficient (Wildman–Crippen LogP) is 0.935. The van der Waals surface area contributed by atoms with Crippen LogP contribution in [-0.4, -0.2) is 23.4 Å². The molecule has 0 aromatic heterocycles. The molecule has 0 amide bonds. The maximum atomic E-state index is 9.33. The Morgan fingerprint density at radius 1 is 1.50 bits per heavy atom. The van der Waals surface area contributed by atoms with Gasteiger partial charge >= 0.3 is 0 Å². The van der Waals surface area contributed by atoms with Gasteiger partial charge in [-0.2, -0.15) is 0 Å². The lowest BCUT2D eigenvalue weighted by Gasteiger charge is -2.27. The van der Waals surface area contributed by atoms with Crippen molar-refractivity contribution in [2.75, 3.05) is 0 Å². The minimum atomic E-state index is -0.182. The Morgan fingerprint density at radius 3 is 2.80 bits per heavy atom. The van der Waals surface area contributed by atoms with Gasteiger partial charge in [-0.15, -0.1) is 0 Å². The molecule has 0 aromatic rings. The highest BCUT2D eigenvalue weighted by atomic mass is 16.6. The van der Waals surface area contributed by atoms with Crippen LogP contribution in [0.15, 0.2) is 0 Å². The Balaban J connectivity index is 2.09. The van der Waals surface area contributed by atoms with Gasteiger partial charge in [-0.3, -0.25) is 0 Å². The van der Waals surface area contributed by atoms with E-state index in [-0.39, 0.29) is 12.2 Å². The first-order chi connectivity index (χ1) is 4.61. The van der Waals surface area contributed by atoms with Crippen LogP contribution in [-0.2, 0) is 4.74 Å². The molecule has 1 heterocycles. The molecule has 1 N–H and O–H groups in total. The summed E-state index contributed by atoms with van der Waals surface area (Å²) in [6.07, 6.45) is 2.33. The van der Waals surface area contributed by atoms with Gasteiger partial charge in [0.2, 0.25) is 0 Å². The molecule has 2 aliphatic rings. The van der Waals surface area contributed by atoms with Crippen LogP contribution in [0.5, 0.6) is 0 Å². The molecule has 1 saturated heterocycles. The lowest BCUT2D eigenvalue weighted by molar-refractivity contribution is 0.105. The van der Waals surface area contributed by atoms with E-state index in [4.69, 9.17) is 4.74 Å². The first-order valence-corrected chi connectivity index (χ1v) is 3.95. The van der Waals surface area contributed by atoms with Crippen LogP contribution in [0.25, 0.3) is 0 Å². The number of rotatable bonds is 0. The molecule has 2 heteroatoms. The van der Waals surface area contributed by atoms with Crippen molar-refractivity contribution >= 4 is 0 Å². The zero-order chi connectivity index (χ0) is 7.35. The summed E-state index contributed by atoms with van der Waals surface area (Å²) in [6.45, 7) is 4.42. The summed E-state index contributed by atoms with van der Waals surface area (Å²) in [5, 5.41) is 9.33. The zero-order valence-electron chi connectivity index (χ0n) is 6.50. The van der Waals surface area contributed by atoms with Crippen molar-refractivity contribution in [2.45, 2.75) is 45.0 Å². The van der Waals surface area contributed by atoms with Gasteiger partial charge in [0, 0.05) is 0 Å². The van der Waals surface area contributed by atoms with Crippen LogP contribution in [0.4, 0.5) is 0 Å². The molecule has 10 heavy (non-hydrogen) atoms. The maximum Gasteiger partial charge on any atom is 0.110 e. The molecule has 0 unspecified atom stereocenters. The Kier molecular flexibility index (Phi) is 1.15. The fraction of sp³-hybridized carbons (Fsp3) is 1.00. The summed E-state index contributed by atoms with van der Waals surface area (Å²) in [4.78, 5) is 0. The second kappa shape index (κ2) is 1.74. The van der Waals surface area contributed by atoms with Crippen molar-refractivity contribution in [3.05, 3.63) is 0 Å². The highest BCUT2D eigenvalue weighted by Gasteiger charge is 2.56. The standard InChI is InChI=1S/C8H14O2/c1-8(2)4-3-5(9)6-7(8)10-6/h5-7,9H,3-4H2,1-2H3/t5-,6-,7-/m0/s1. The van der Waals surface area contributed by atoms with Crippen LogP contribution < -0.4 is 0 Å². The van der Waals surface area contributed by atoms with Crippen molar-refractivity contribution in [1.29, 1.82) is 0 Å². The number of hydrogen-bond donors (Lipinski definition) is 1. The lowest BCUT2D eigenvalue weighted by atomic mass is 9.76. The largest absolute Gasteiger partial charge is 0.390 e. The minimum absolute atomic E-state index is 0.170. The molecule has 0 spiro atoms. The van der Waals surface area contributed by atoms with E-state index in [0.717, 1.165) is 12.8 Å². The Bertz CT molecular complexity index is 153. The van der Waals surface area contributed by atoms with Crippen LogP contribution in [0, 0.1) is 5.41 Å². The summed E-state index contributed by atoms with van der Waals surface area (Å²) in [6, 6.07) is 0. The van der Waals surface area contributed by atoms with E-state index in [0.29, 0.717) is 11.5 Å². The predicted molar refractivity (Wildman–Crippen MR) is 37.7 cm³/mol. The molecule has 58 valence electrons. The van der Waals surface area contributed by atoms with Crippen molar-refractivity contribution < 1.29 is 9.84 Å². The maximum absolute atomic E-state index is 9.33. The van der Waals surface area contributed by atoms with Gasteiger partial charge in [0.25, 0.3) is 0 Å². The number of ether oxygens (including phenoxy) is 1. The SMILES string of the molecule is CC1(C)CC[C@H](O)[C@@H]2O[C@@H]21. The average molecular weight is 142 g/mol. The second-order valence-corrected chi connectivity index (χ2v) is 4.12. The third-order valence-corrected chi connectivity index (χ3v) is 2.76. The van der Waals surface area contributed by atoms with E-state index in [2.05, 4.69) is 13.8 Å². The zero-order valence-corrected chi connectivity index (χ0v) is 6.50. The van der Waals surface area contributed by atoms with Gasteiger partial charge in [-0.25, -0.2) is 0 Å². The van der Waals surface area contributed by atoms with Gasteiger partial charge in [-0.05, 0) is 18.3 Å². The number of fused-ring (bicyclic) bond motifs is 1. The van der Waals surface area contributed by atoms with Gasteiger partial charge in [-0.1, -0.05) is 13.8 Å². The van der Waals surface area contributed by atoms with E-state index in [9.17, 15) is 5.11 Å². The van der Waals surface area contributed by atoms with E-state index >= 15 is 0 Å². The molecule has 0 aromatic carbocycles. The monoisotopic (exact) mass is 142 g/mol. The van der Waals surface area contributed by atoms with Crippen LogP contribution in [0.1, 0.15) is 26.7 Å². The lowest BCUT2D eigenvalue weighted by Crippen LogP contribution is -2.33. The highest BCUT2D eigenvalue weighted by molar-refractivity contribution is 5.03. The summed E-state index contributed by atoms with van der Waals surface area (Å²) in [5.74, 6) is 0. The third kappa shape index (κ3) is 0.789. The Morgan fingerprint density at radius 2 is 2.20 bits per heavy atom. The fourth-order valence-corrected chi connectivity index (χ4v) is 1.87. The summed E-state index contributed by atoms with van der Waals surface area (Å²) >= 11 is 0. The van der Waals surface area contributed by atoms with Gasteiger partial charge in [0.05, 0.1) is 12.2 Å². The normalized spacial score (nSPS) is 50.1.